The van der Waals surface area contributed by atoms with E-state index < -0.39 is 0 Å². The van der Waals surface area contributed by atoms with Crippen LogP contribution in [0, 0.1) is 25.2 Å². The number of carbonyl (C=O) groups excluding carboxylic acids is 1. The molecule has 0 aromatic heterocycles. The Kier molecular flexibility index (Phi) is 4.73. The molecule has 0 radical (unpaired) electrons. The van der Waals surface area contributed by atoms with Crippen molar-refractivity contribution in [3.8, 4) is 11.8 Å². The van der Waals surface area contributed by atoms with Gasteiger partial charge in [-0.3, -0.25) is 4.79 Å². The number of carbonyl (C=O) groups is 1. The van der Waals surface area contributed by atoms with E-state index in [1.165, 1.54) is 5.56 Å². The lowest BCUT2D eigenvalue weighted by Crippen LogP contribution is -2.11. The van der Waals surface area contributed by atoms with Crippen molar-refractivity contribution in [2.45, 2.75) is 20.3 Å². The highest BCUT2D eigenvalue weighted by atomic mass is 16.5. The second-order valence-corrected chi connectivity index (χ2v) is 4.99. The third kappa shape index (κ3) is 3.93. The Balaban J connectivity index is 1.97. The average molecular weight is 279 g/mol. The van der Waals surface area contributed by atoms with E-state index in [9.17, 15) is 4.79 Å². The number of Topliss-reactive ketones (excluding diaryl/α,β-unsaturated/α-hetero) is 1. The third-order valence-electron chi connectivity index (χ3n) is 3.41. The zero-order valence-corrected chi connectivity index (χ0v) is 12.2. The number of hydrogen-bond donors (Lipinski definition) is 0. The van der Waals surface area contributed by atoms with Gasteiger partial charge in [-0.15, -0.1) is 0 Å². The Morgan fingerprint density at radius 2 is 1.81 bits per heavy atom. The Morgan fingerprint density at radius 3 is 2.43 bits per heavy atom. The molecule has 0 unspecified atom stereocenters. The highest BCUT2D eigenvalue weighted by Crippen LogP contribution is 2.14. The Morgan fingerprint density at radius 1 is 1.10 bits per heavy atom. The van der Waals surface area contributed by atoms with Crippen molar-refractivity contribution >= 4 is 5.78 Å². The van der Waals surface area contributed by atoms with Crippen molar-refractivity contribution in [3.63, 3.8) is 0 Å². The van der Waals surface area contributed by atoms with E-state index in [2.05, 4.69) is 6.07 Å². The van der Waals surface area contributed by atoms with E-state index >= 15 is 0 Å². The lowest BCUT2D eigenvalue weighted by atomic mass is 10.0. The van der Waals surface area contributed by atoms with Crippen LogP contribution in [-0.4, -0.2) is 12.4 Å². The van der Waals surface area contributed by atoms with Crippen LogP contribution in [0.25, 0.3) is 0 Å². The number of aryl methyl sites for hydroxylation is 2. The molecule has 3 nitrogen and oxygen atoms in total. The molecule has 0 saturated heterocycles. The highest BCUT2D eigenvalue weighted by molar-refractivity contribution is 5.97. The van der Waals surface area contributed by atoms with E-state index in [1.807, 2.05) is 44.2 Å². The van der Waals surface area contributed by atoms with Gasteiger partial charge in [0.15, 0.2) is 12.4 Å². The van der Waals surface area contributed by atoms with Crippen LogP contribution in [0.3, 0.4) is 0 Å². The Hall–Kier alpha value is -2.60. The van der Waals surface area contributed by atoms with Crippen LogP contribution in [0.2, 0.25) is 0 Å². The summed E-state index contributed by atoms with van der Waals surface area (Å²) in [6.45, 7) is 4.02. The predicted octanol–water partition coefficient (Wildman–Crippen LogP) is 3.63. The summed E-state index contributed by atoms with van der Waals surface area (Å²) in [4.78, 5) is 12.1. The minimum Gasteiger partial charge on any atom is -0.485 e. The lowest BCUT2D eigenvalue weighted by Gasteiger charge is -2.07. The number of hydrogen-bond acceptors (Lipinski definition) is 3. The molecular formula is C18H17NO2. The van der Waals surface area contributed by atoms with E-state index in [0.717, 1.165) is 11.1 Å². The molecule has 21 heavy (non-hydrogen) atoms. The summed E-state index contributed by atoms with van der Waals surface area (Å²) >= 11 is 0. The molecule has 0 N–H and O–H groups in total. The first-order chi connectivity index (χ1) is 10.1. The molecule has 0 aliphatic heterocycles. The monoisotopic (exact) mass is 279 g/mol. The van der Waals surface area contributed by atoms with Crippen LogP contribution in [0.4, 0.5) is 0 Å². The largest absolute Gasteiger partial charge is 0.485 e. The standard InChI is InChI=1S/C18H17NO2/c1-13-3-6-16(11-14(13)2)18(20)12-21-17-7-4-15(5-8-17)9-10-19/h3-8,11H,9,12H2,1-2H3. The fourth-order valence-corrected chi connectivity index (χ4v) is 1.94. The summed E-state index contributed by atoms with van der Waals surface area (Å²) in [5, 5.41) is 8.61. The van der Waals surface area contributed by atoms with E-state index in [-0.39, 0.29) is 12.4 Å². The zero-order valence-electron chi connectivity index (χ0n) is 12.2. The lowest BCUT2D eigenvalue weighted by molar-refractivity contribution is 0.0921. The van der Waals surface area contributed by atoms with Gasteiger partial charge < -0.3 is 4.74 Å². The van der Waals surface area contributed by atoms with Crippen LogP contribution in [0.5, 0.6) is 5.75 Å². The topological polar surface area (TPSA) is 50.1 Å². The molecule has 0 spiro atoms. The molecular weight excluding hydrogens is 262 g/mol. The molecule has 0 heterocycles. The van der Waals surface area contributed by atoms with Gasteiger partial charge in [-0.1, -0.05) is 24.3 Å². The molecule has 0 bridgehead atoms. The molecule has 2 aromatic rings. The smallest absolute Gasteiger partial charge is 0.200 e. The number of nitrogens with zero attached hydrogens (tertiary/aromatic N) is 1. The SMILES string of the molecule is Cc1ccc(C(=O)COc2ccc(CC#N)cc2)cc1C. The molecule has 106 valence electrons. The van der Waals surface area contributed by atoms with Gasteiger partial charge in [0.05, 0.1) is 12.5 Å². The maximum absolute atomic E-state index is 12.1. The summed E-state index contributed by atoms with van der Waals surface area (Å²) in [5.41, 5.74) is 3.87. The van der Waals surface area contributed by atoms with Crippen molar-refractivity contribution in [3.05, 3.63) is 64.7 Å². The van der Waals surface area contributed by atoms with Crippen LogP contribution >= 0.6 is 0 Å². The van der Waals surface area contributed by atoms with Crippen LogP contribution in [-0.2, 0) is 6.42 Å². The predicted molar refractivity (Wildman–Crippen MR) is 81.5 cm³/mol. The summed E-state index contributed by atoms with van der Waals surface area (Å²) in [6.07, 6.45) is 0.377. The fourth-order valence-electron chi connectivity index (χ4n) is 1.94. The molecule has 0 atom stereocenters. The van der Waals surface area contributed by atoms with Gasteiger partial charge in [0.25, 0.3) is 0 Å². The first-order valence-electron chi connectivity index (χ1n) is 6.79. The normalized spacial score (nSPS) is 9.95. The number of ether oxygens (including phenoxy) is 1. The van der Waals surface area contributed by atoms with Gasteiger partial charge >= 0.3 is 0 Å². The third-order valence-corrected chi connectivity index (χ3v) is 3.41. The number of nitriles is 1. The molecule has 2 aromatic carbocycles. The molecule has 0 aliphatic rings. The van der Waals surface area contributed by atoms with Crippen LogP contribution in [0.15, 0.2) is 42.5 Å². The fraction of sp³-hybridized carbons (Fsp3) is 0.222. The van der Waals surface area contributed by atoms with E-state index in [0.29, 0.717) is 17.7 Å². The van der Waals surface area contributed by atoms with Crippen molar-refractivity contribution in [2.24, 2.45) is 0 Å². The Labute approximate surface area is 124 Å². The second-order valence-electron chi connectivity index (χ2n) is 4.99. The first-order valence-corrected chi connectivity index (χ1v) is 6.79. The summed E-state index contributed by atoms with van der Waals surface area (Å²) in [7, 11) is 0. The van der Waals surface area contributed by atoms with Crippen LogP contribution in [0.1, 0.15) is 27.0 Å². The average Bonchev–Trinajstić information content (AvgIpc) is 2.49. The molecule has 0 saturated carbocycles. The molecule has 0 fully saturated rings. The number of ketones is 1. The van der Waals surface area contributed by atoms with Gasteiger partial charge in [-0.25, -0.2) is 0 Å². The van der Waals surface area contributed by atoms with Gasteiger partial charge in [0.2, 0.25) is 0 Å². The number of benzene rings is 2. The van der Waals surface area contributed by atoms with E-state index in [1.54, 1.807) is 12.1 Å². The van der Waals surface area contributed by atoms with Crippen molar-refractivity contribution in [2.75, 3.05) is 6.61 Å². The van der Waals surface area contributed by atoms with Crippen LogP contribution < -0.4 is 4.74 Å². The number of rotatable bonds is 5. The van der Waals surface area contributed by atoms with Crippen molar-refractivity contribution < 1.29 is 9.53 Å². The molecule has 2 rings (SSSR count). The second kappa shape index (κ2) is 6.71. The summed E-state index contributed by atoms with van der Waals surface area (Å²) in [5.74, 6) is 0.591. The minimum absolute atomic E-state index is 0.0140. The van der Waals surface area contributed by atoms with Gasteiger partial charge in [-0.2, -0.15) is 5.26 Å². The highest BCUT2D eigenvalue weighted by Gasteiger charge is 2.08. The van der Waals surface area contributed by atoms with Crippen molar-refractivity contribution in [1.29, 1.82) is 5.26 Å². The summed E-state index contributed by atoms with van der Waals surface area (Å²) in [6, 6.07) is 15.0. The Bertz CT molecular complexity index is 681. The molecule has 0 aliphatic carbocycles. The van der Waals surface area contributed by atoms with Gasteiger partial charge in [0.1, 0.15) is 5.75 Å². The zero-order chi connectivity index (χ0) is 15.2. The van der Waals surface area contributed by atoms with Crippen molar-refractivity contribution in [1.82, 2.24) is 0 Å². The van der Waals surface area contributed by atoms with E-state index in [4.69, 9.17) is 10.00 Å². The van der Waals surface area contributed by atoms with Gasteiger partial charge in [0, 0.05) is 5.56 Å². The quantitative estimate of drug-likeness (QED) is 0.785. The minimum atomic E-state index is -0.0424. The maximum atomic E-state index is 12.1. The molecule has 0 amide bonds. The summed E-state index contributed by atoms with van der Waals surface area (Å²) < 4.78 is 5.49. The van der Waals surface area contributed by atoms with Gasteiger partial charge in [-0.05, 0) is 48.7 Å². The molecule has 3 heteroatoms. The maximum Gasteiger partial charge on any atom is 0.200 e. The first kappa shape index (κ1) is 14.8.